The number of benzene rings is 2. The zero-order valence-electron chi connectivity index (χ0n) is 17.3. The summed E-state index contributed by atoms with van der Waals surface area (Å²) in [5.74, 6) is 0.0386. The first-order valence-corrected chi connectivity index (χ1v) is 11.0. The molecular weight excluding hydrogens is 387 g/mol. The molecule has 0 saturated heterocycles. The molecule has 1 atom stereocenters. The Balaban J connectivity index is 2.08. The lowest BCUT2D eigenvalue weighted by molar-refractivity contribution is -0.138. The van der Waals surface area contributed by atoms with Crippen LogP contribution in [0.15, 0.2) is 48.5 Å². The van der Waals surface area contributed by atoms with Gasteiger partial charge in [0.05, 0.1) is 5.75 Å². The summed E-state index contributed by atoms with van der Waals surface area (Å²) in [6.07, 6.45) is 0.836. The Labute approximate surface area is 176 Å². The van der Waals surface area contributed by atoms with Gasteiger partial charge in [0.15, 0.2) is 0 Å². The van der Waals surface area contributed by atoms with E-state index in [9.17, 15) is 14.0 Å². The van der Waals surface area contributed by atoms with Crippen molar-refractivity contribution in [1.29, 1.82) is 0 Å². The van der Waals surface area contributed by atoms with Gasteiger partial charge in [0, 0.05) is 18.8 Å². The Kier molecular flexibility index (Phi) is 9.19. The second kappa shape index (κ2) is 11.6. The smallest absolute Gasteiger partial charge is 0.242 e. The monoisotopic (exact) mass is 416 g/mol. The van der Waals surface area contributed by atoms with Crippen molar-refractivity contribution in [3.63, 3.8) is 0 Å². The Hall–Kier alpha value is -2.34. The summed E-state index contributed by atoms with van der Waals surface area (Å²) in [7, 11) is 0. The lowest BCUT2D eigenvalue weighted by Crippen LogP contribution is -2.48. The van der Waals surface area contributed by atoms with Crippen LogP contribution in [0.5, 0.6) is 0 Å². The highest BCUT2D eigenvalue weighted by atomic mass is 32.2. The van der Waals surface area contributed by atoms with Gasteiger partial charge in [0.25, 0.3) is 0 Å². The van der Waals surface area contributed by atoms with Gasteiger partial charge in [-0.25, -0.2) is 4.39 Å². The Bertz CT molecular complexity index is 828. The third kappa shape index (κ3) is 6.89. The molecule has 0 aromatic heterocycles. The lowest BCUT2D eigenvalue weighted by atomic mass is 10.1. The SMILES string of the molecule is CCCNC(=O)[C@@H](C)N(Cc1ccccc1C)C(=O)CSCc1ccccc1F. The fourth-order valence-electron chi connectivity index (χ4n) is 2.90. The van der Waals surface area contributed by atoms with Crippen LogP contribution < -0.4 is 5.32 Å². The van der Waals surface area contributed by atoms with Crippen LogP contribution in [0.25, 0.3) is 0 Å². The number of carbonyl (C=O) groups excluding carboxylic acids is 2. The highest BCUT2D eigenvalue weighted by Gasteiger charge is 2.26. The molecule has 29 heavy (non-hydrogen) atoms. The number of amides is 2. The van der Waals surface area contributed by atoms with Gasteiger partial charge in [-0.05, 0) is 43.0 Å². The molecule has 0 spiro atoms. The maximum atomic E-state index is 13.8. The number of thioether (sulfide) groups is 1. The van der Waals surface area contributed by atoms with Crippen molar-refractivity contribution >= 4 is 23.6 Å². The summed E-state index contributed by atoms with van der Waals surface area (Å²) in [4.78, 5) is 27.1. The van der Waals surface area contributed by atoms with Crippen molar-refractivity contribution in [3.8, 4) is 0 Å². The van der Waals surface area contributed by atoms with Crippen LogP contribution in [-0.4, -0.2) is 35.1 Å². The molecule has 6 heteroatoms. The first-order chi connectivity index (χ1) is 13.9. The molecule has 0 bridgehead atoms. The average Bonchev–Trinajstić information content (AvgIpc) is 2.72. The number of nitrogens with zero attached hydrogens (tertiary/aromatic N) is 1. The number of nitrogens with one attached hydrogen (secondary N) is 1. The van der Waals surface area contributed by atoms with Crippen LogP contribution in [0.4, 0.5) is 4.39 Å². The molecule has 2 aromatic carbocycles. The lowest BCUT2D eigenvalue weighted by Gasteiger charge is -2.29. The average molecular weight is 417 g/mol. The Morgan fingerprint density at radius 2 is 1.76 bits per heavy atom. The standard InChI is InChI=1S/C23H29FN2O2S/c1-4-13-25-23(28)18(3)26(14-19-10-6-5-9-17(19)2)22(27)16-29-15-20-11-7-8-12-21(20)24/h5-12,18H,4,13-16H2,1-3H3,(H,25,28)/t18-/m1/s1. The highest BCUT2D eigenvalue weighted by molar-refractivity contribution is 7.99. The van der Waals surface area contributed by atoms with E-state index in [1.807, 2.05) is 38.1 Å². The maximum Gasteiger partial charge on any atom is 0.242 e. The van der Waals surface area contributed by atoms with E-state index in [1.54, 1.807) is 30.0 Å². The summed E-state index contributed by atoms with van der Waals surface area (Å²) < 4.78 is 13.8. The van der Waals surface area contributed by atoms with E-state index in [0.717, 1.165) is 17.5 Å². The molecule has 1 N–H and O–H groups in total. The summed E-state index contributed by atoms with van der Waals surface area (Å²) in [5.41, 5.74) is 2.66. The van der Waals surface area contributed by atoms with Crippen molar-refractivity contribution in [3.05, 3.63) is 71.0 Å². The van der Waals surface area contributed by atoms with Gasteiger partial charge in [-0.1, -0.05) is 49.4 Å². The van der Waals surface area contributed by atoms with Crippen LogP contribution in [0.2, 0.25) is 0 Å². The van der Waals surface area contributed by atoms with Gasteiger partial charge >= 0.3 is 0 Å². The topological polar surface area (TPSA) is 49.4 Å². The molecule has 0 fully saturated rings. The summed E-state index contributed by atoms with van der Waals surface area (Å²) in [6.45, 7) is 6.68. The number of aryl methyl sites for hydroxylation is 1. The minimum atomic E-state index is -0.581. The van der Waals surface area contributed by atoms with Crippen LogP contribution in [0.1, 0.15) is 37.0 Å². The molecule has 0 saturated carbocycles. The molecular formula is C23H29FN2O2S. The number of hydrogen-bond donors (Lipinski definition) is 1. The van der Waals surface area contributed by atoms with E-state index in [2.05, 4.69) is 5.32 Å². The van der Waals surface area contributed by atoms with Crippen molar-refractivity contribution < 1.29 is 14.0 Å². The summed E-state index contributed by atoms with van der Waals surface area (Å²) >= 11 is 1.36. The molecule has 0 radical (unpaired) electrons. The molecule has 4 nitrogen and oxygen atoms in total. The molecule has 156 valence electrons. The maximum absolute atomic E-state index is 13.8. The number of hydrogen-bond acceptors (Lipinski definition) is 3. The predicted molar refractivity (Wildman–Crippen MR) is 117 cm³/mol. The van der Waals surface area contributed by atoms with E-state index < -0.39 is 6.04 Å². The number of halogens is 1. The quantitative estimate of drug-likeness (QED) is 0.628. The van der Waals surface area contributed by atoms with Gasteiger partial charge in [0.2, 0.25) is 11.8 Å². The van der Waals surface area contributed by atoms with Crippen LogP contribution in [-0.2, 0) is 21.9 Å². The summed E-state index contributed by atoms with van der Waals surface area (Å²) in [5, 5.41) is 2.87. The Morgan fingerprint density at radius 3 is 2.41 bits per heavy atom. The van der Waals surface area contributed by atoms with E-state index in [1.165, 1.54) is 17.8 Å². The van der Waals surface area contributed by atoms with Crippen molar-refractivity contribution in [2.45, 2.75) is 45.5 Å². The van der Waals surface area contributed by atoms with Gasteiger partial charge < -0.3 is 10.2 Å². The van der Waals surface area contributed by atoms with E-state index in [-0.39, 0.29) is 23.4 Å². The van der Waals surface area contributed by atoms with E-state index >= 15 is 0 Å². The molecule has 2 rings (SSSR count). The molecule has 0 aliphatic heterocycles. The third-order valence-electron chi connectivity index (χ3n) is 4.76. The fraction of sp³-hybridized carbons (Fsp3) is 0.391. The third-order valence-corrected chi connectivity index (χ3v) is 5.73. The van der Waals surface area contributed by atoms with Crippen LogP contribution in [0.3, 0.4) is 0 Å². The minimum Gasteiger partial charge on any atom is -0.354 e. The molecule has 0 heterocycles. The Morgan fingerprint density at radius 1 is 1.10 bits per heavy atom. The largest absolute Gasteiger partial charge is 0.354 e. The second-order valence-corrected chi connectivity index (χ2v) is 7.98. The zero-order valence-corrected chi connectivity index (χ0v) is 18.1. The highest BCUT2D eigenvalue weighted by Crippen LogP contribution is 2.18. The molecule has 0 unspecified atom stereocenters. The van der Waals surface area contributed by atoms with E-state index in [4.69, 9.17) is 0 Å². The second-order valence-electron chi connectivity index (χ2n) is 7.00. The van der Waals surface area contributed by atoms with Crippen molar-refractivity contribution in [2.24, 2.45) is 0 Å². The first-order valence-electron chi connectivity index (χ1n) is 9.86. The van der Waals surface area contributed by atoms with Gasteiger partial charge in [0.1, 0.15) is 11.9 Å². The normalized spacial score (nSPS) is 11.7. The zero-order chi connectivity index (χ0) is 21.2. The van der Waals surface area contributed by atoms with Crippen molar-refractivity contribution in [1.82, 2.24) is 10.2 Å². The minimum absolute atomic E-state index is 0.131. The van der Waals surface area contributed by atoms with Gasteiger partial charge in [-0.3, -0.25) is 9.59 Å². The predicted octanol–water partition coefficient (Wildman–Crippen LogP) is 4.31. The first kappa shape index (κ1) is 22.9. The van der Waals surface area contributed by atoms with E-state index in [0.29, 0.717) is 24.4 Å². The van der Waals surface area contributed by atoms with Crippen LogP contribution in [0, 0.1) is 12.7 Å². The van der Waals surface area contributed by atoms with Gasteiger partial charge in [-0.15, -0.1) is 11.8 Å². The molecule has 0 aliphatic rings. The molecule has 2 aromatic rings. The number of rotatable bonds is 10. The van der Waals surface area contributed by atoms with Gasteiger partial charge in [-0.2, -0.15) is 0 Å². The fourth-order valence-corrected chi connectivity index (χ4v) is 3.79. The van der Waals surface area contributed by atoms with Crippen LogP contribution >= 0.6 is 11.8 Å². The molecule has 0 aliphatic carbocycles. The number of carbonyl (C=O) groups is 2. The summed E-state index contributed by atoms with van der Waals surface area (Å²) in [6, 6.07) is 13.8. The molecule has 2 amide bonds. The van der Waals surface area contributed by atoms with Crippen molar-refractivity contribution in [2.75, 3.05) is 12.3 Å².